The normalized spacial score (nSPS) is 11.7. The first-order valence-electron chi connectivity index (χ1n) is 5.91. The van der Waals surface area contributed by atoms with Crippen LogP contribution in [0, 0.1) is 0 Å². The summed E-state index contributed by atoms with van der Waals surface area (Å²) in [4.78, 5) is 14.9. The first-order valence-corrected chi connectivity index (χ1v) is 6.70. The van der Waals surface area contributed by atoms with Crippen molar-refractivity contribution in [3.63, 3.8) is 0 Å². The molecule has 0 aliphatic carbocycles. The summed E-state index contributed by atoms with van der Waals surface area (Å²) in [5.41, 5.74) is 7.13. The summed E-state index contributed by atoms with van der Waals surface area (Å²) in [6, 6.07) is 1.50. The van der Waals surface area contributed by atoms with Gasteiger partial charge in [0.15, 0.2) is 5.65 Å². The number of fused-ring (bicyclic) bond motifs is 1. The highest BCUT2D eigenvalue weighted by Gasteiger charge is 2.31. The van der Waals surface area contributed by atoms with E-state index in [1.165, 1.54) is 22.1 Å². The number of nitrogens with zero attached hydrogens (tertiary/aromatic N) is 2. The number of pyridine rings is 1. The van der Waals surface area contributed by atoms with E-state index in [4.69, 9.17) is 10.9 Å². The third-order valence-electron chi connectivity index (χ3n) is 2.70. The zero-order valence-corrected chi connectivity index (χ0v) is 12.5. The van der Waals surface area contributed by atoms with Gasteiger partial charge < -0.3 is 11.1 Å². The van der Waals surface area contributed by atoms with Crippen molar-refractivity contribution >= 4 is 39.0 Å². The Kier molecular flexibility index (Phi) is 4.47. The number of aromatic nitrogens is 2. The number of nitrogens with two attached hydrogens (primary N) is 1. The number of nitrogens with one attached hydrogen (secondary N) is 2. The van der Waals surface area contributed by atoms with E-state index < -0.39 is 25.0 Å². The van der Waals surface area contributed by atoms with Gasteiger partial charge >= 0.3 is 6.18 Å². The number of carbonyl (C=O) groups is 1. The van der Waals surface area contributed by atoms with Crippen molar-refractivity contribution in [3.05, 3.63) is 22.4 Å². The molecule has 120 valence electrons. The highest BCUT2D eigenvalue weighted by molar-refractivity contribution is 9.10. The fraction of sp³-hybridized carbons (Fsp3) is 0.273. The molecule has 1 amide bonds. The Balaban J connectivity index is 2.51. The van der Waals surface area contributed by atoms with Gasteiger partial charge in [-0.1, -0.05) is 0 Å². The summed E-state index contributed by atoms with van der Waals surface area (Å²) in [5.74, 6) is -0.834. The van der Waals surface area contributed by atoms with Gasteiger partial charge in [-0.05, 0) is 22.0 Å². The molecule has 0 saturated heterocycles. The topological polar surface area (TPSA) is 105 Å². The van der Waals surface area contributed by atoms with E-state index in [2.05, 4.69) is 26.2 Å². The Hall–Kier alpha value is -2.01. The van der Waals surface area contributed by atoms with E-state index in [0.29, 0.717) is 4.47 Å². The fourth-order valence-corrected chi connectivity index (χ4v) is 2.34. The van der Waals surface area contributed by atoms with Gasteiger partial charge in [0, 0.05) is 10.7 Å². The third-order valence-corrected chi connectivity index (χ3v) is 3.13. The molecule has 0 bridgehead atoms. The van der Waals surface area contributed by atoms with Gasteiger partial charge in [-0.3, -0.25) is 14.4 Å². The lowest BCUT2D eigenvalue weighted by atomic mass is 10.3. The van der Waals surface area contributed by atoms with Gasteiger partial charge in [-0.2, -0.15) is 13.2 Å². The van der Waals surface area contributed by atoms with Crippen LogP contribution in [-0.2, 0) is 11.2 Å². The summed E-state index contributed by atoms with van der Waals surface area (Å²) in [7, 11) is 0. The van der Waals surface area contributed by atoms with Gasteiger partial charge in [0.1, 0.15) is 5.82 Å². The monoisotopic (exact) mass is 381 g/mol. The van der Waals surface area contributed by atoms with E-state index >= 15 is 0 Å². The molecule has 0 aromatic carbocycles. The lowest BCUT2D eigenvalue weighted by molar-refractivity contribution is -0.127. The van der Waals surface area contributed by atoms with Crippen LogP contribution in [0.15, 0.2) is 16.7 Å². The average Bonchev–Trinajstić information content (AvgIpc) is 2.72. The average molecular weight is 382 g/mol. The Morgan fingerprint density at radius 2 is 2.18 bits per heavy atom. The second kappa shape index (κ2) is 6.01. The Morgan fingerprint density at radius 1 is 1.50 bits per heavy atom. The van der Waals surface area contributed by atoms with E-state index in [1.807, 2.05) is 0 Å². The van der Waals surface area contributed by atoms with Crippen LogP contribution in [0.2, 0.25) is 0 Å². The number of rotatable bonds is 4. The number of nitrogen functional groups attached to an aromatic ring is 1. The Morgan fingerprint density at radius 3 is 2.77 bits per heavy atom. The molecule has 11 heteroatoms. The number of carbonyl (C=O) groups excluding carboxylic acids is 1. The first kappa shape index (κ1) is 16.4. The quantitative estimate of drug-likeness (QED) is 0.476. The molecule has 0 atom stereocenters. The summed E-state index contributed by atoms with van der Waals surface area (Å²) in [6.45, 7) is -0.429. The maximum absolute atomic E-state index is 12.7. The number of hydrogen-bond acceptors (Lipinski definition) is 5. The molecule has 2 heterocycles. The van der Waals surface area contributed by atoms with Crippen molar-refractivity contribution in [2.24, 2.45) is 0 Å². The van der Waals surface area contributed by atoms with Crippen molar-refractivity contribution in [1.82, 2.24) is 14.9 Å². The zero-order valence-electron chi connectivity index (χ0n) is 10.9. The van der Waals surface area contributed by atoms with E-state index in [1.54, 1.807) is 0 Å². The molecule has 0 unspecified atom stereocenters. The molecule has 2 aromatic heterocycles. The van der Waals surface area contributed by atoms with E-state index in [-0.39, 0.29) is 22.8 Å². The van der Waals surface area contributed by atoms with Crippen molar-refractivity contribution in [1.29, 1.82) is 0 Å². The van der Waals surface area contributed by atoms with Crippen LogP contribution in [0.4, 0.5) is 24.7 Å². The van der Waals surface area contributed by atoms with Gasteiger partial charge in [0.25, 0.3) is 5.91 Å². The molecule has 0 radical (unpaired) electrons. The van der Waals surface area contributed by atoms with Gasteiger partial charge in [-0.15, -0.1) is 0 Å². The van der Waals surface area contributed by atoms with Gasteiger partial charge in [0.2, 0.25) is 0 Å². The number of imidazole rings is 1. The minimum absolute atomic E-state index is 0.0241. The maximum Gasteiger partial charge on any atom is 0.394 e. The largest absolute Gasteiger partial charge is 0.396 e. The molecule has 0 fully saturated rings. The Labute approximate surface area is 130 Å². The van der Waals surface area contributed by atoms with Crippen molar-refractivity contribution < 1.29 is 23.2 Å². The summed E-state index contributed by atoms with van der Waals surface area (Å²) >= 11 is 3.18. The lowest BCUT2D eigenvalue weighted by Gasteiger charge is -2.09. The van der Waals surface area contributed by atoms with Crippen molar-refractivity contribution in [3.8, 4) is 0 Å². The number of halogens is 4. The molecule has 0 aliphatic heterocycles. The minimum Gasteiger partial charge on any atom is -0.396 e. The summed E-state index contributed by atoms with van der Waals surface area (Å²) in [5, 5.41) is 11.0. The van der Waals surface area contributed by atoms with Crippen LogP contribution in [0.3, 0.4) is 0 Å². The molecule has 7 nitrogen and oxygen atoms in total. The molecule has 22 heavy (non-hydrogen) atoms. The molecular weight excluding hydrogens is 371 g/mol. The molecule has 2 rings (SSSR count). The highest BCUT2D eigenvalue weighted by Crippen LogP contribution is 2.30. The molecule has 2 aromatic rings. The molecule has 5 N–H and O–H groups in total. The van der Waals surface area contributed by atoms with Gasteiger partial charge in [0.05, 0.1) is 24.3 Å². The lowest BCUT2D eigenvalue weighted by Crippen LogP contribution is -2.27. The standard InChI is InChI=1S/C11H11BrF3N5O2/c12-5-1-6(16)9-18-7(2-11(13,14)15)10(20(9)4-5)17-3-8(21)19-22/h1,4,17,22H,2-3,16H2,(H,19,21). The highest BCUT2D eigenvalue weighted by atomic mass is 79.9. The molecule has 0 aliphatic rings. The summed E-state index contributed by atoms with van der Waals surface area (Å²) in [6.07, 6.45) is -4.29. The predicted molar refractivity (Wildman–Crippen MR) is 75.5 cm³/mol. The van der Waals surface area contributed by atoms with Crippen LogP contribution in [0.1, 0.15) is 5.69 Å². The van der Waals surface area contributed by atoms with Crippen LogP contribution < -0.4 is 16.5 Å². The maximum atomic E-state index is 12.7. The second-order valence-electron chi connectivity index (χ2n) is 4.39. The molecule has 0 saturated carbocycles. The minimum atomic E-state index is -4.47. The van der Waals surface area contributed by atoms with Gasteiger partial charge in [-0.25, -0.2) is 10.5 Å². The Bertz CT molecular complexity index is 716. The van der Waals surface area contributed by atoms with Crippen molar-refractivity contribution in [2.45, 2.75) is 12.6 Å². The number of hydroxylamine groups is 1. The number of alkyl halides is 3. The zero-order chi connectivity index (χ0) is 16.5. The number of amides is 1. The third kappa shape index (κ3) is 3.60. The number of anilines is 2. The van der Waals surface area contributed by atoms with Crippen molar-refractivity contribution in [2.75, 3.05) is 17.6 Å². The molecular formula is C11H11BrF3N5O2. The van der Waals surface area contributed by atoms with E-state index in [9.17, 15) is 18.0 Å². The SMILES string of the molecule is Nc1cc(Br)cn2c(NCC(=O)NO)c(CC(F)(F)F)nc12. The predicted octanol–water partition coefficient (Wildman–Crippen LogP) is 1.70. The smallest absolute Gasteiger partial charge is 0.394 e. The van der Waals surface area contributed by atoms with Crippen LogP contribution in [0.25, 0.3) is 5.65 Å². The first-order chi connectivity index (χ1) is 10.2. The van der Waals surface area contributed by atoms with Crippen LogP contribution in [0.5, 0.6) is 0 Å². The number of hydrogen-bond donors (Lipinski definition) is 4. The summed E-state index contributed by atoms with van der Waals surface area (Å²) < 4.78 is 39.8. The molecule has 0 spiro atoms. The second-order valence-corrected chi connectivity index (χ2v) is 5.31. The van der Waals surface area contributed by atoms with Crippen LogP contribution in [-0.4, -0.2) is 33.2 Å². The fourth-order valence-electron chi connectivity index (χ4n) is 1.89. The van der Waals surface area contributed by atoms with E-state index in [0.717, 1.165) is 0 Å². The van der Waals surface area contributed by atoms with Crippen LogP contribution >= 0.6 is 15.9 Å².